The van der Waals surface area contributed by atoms with Gasteiger partial charge in [-0.05, 0) is 38.5 Å². The molecule has 0 saturated heterocycles. The number of guanidine groups is 1. The molecule has 0 amide bonds. The summed E-state index contributed by atoms with van der Waals surface area (Å²) in [6, 6.07) is 6.05. The number of ether oxygens (including phenoxy) is 1. The van der Waals surface area contributed by atoms with Crippen molar-refractivity contribution in [2.24, 2.45) is 10.7 Å². The molecule has 0 radical (unpaired) electrons. The molecular weight excluding hydrogens is 292 g/mol. The van der Waals surface area contributed by atoms with E-state index in [1.54, 1.807) is 13.3 Å². The topological polar surface area (TPSA) is 90.3 Å². The number of aliphatic imine (C=N–C) groups is 1. The van der Waals surface area contributed by atoms with E-state index in [0.29, 0.717) is 19.1 Å². The quantitative estimate of drug-likeness (QED) is 0.620. The van der Waals surface area contributed by atoms with Gasteiger partial charge in [-0.3, -0.25) is 0 Å². The Hall–Kier alpha value is -2.41. The first kappa shape index (κ1) is 17.0. The van der Waals surface area contributed by atoms with E-state index in [-0.39, 0.29) is 6.04 Å². The number of rotatable bonds is 6. The maximum Gasteiger partial charge on any atom is 0.189 e. The Morgan fingerprint density at radius 3 is 2.78 bits per heavy atom. The van der Waals surface area contributed by atoms with Crippen molar-refractivity contribution < 1.29 is 4.74 Å². The molecule has 23 heavy (non-hydrogen) atoms. The van der Waals surface area contributed by atoms with E-state index >= 15 is 0 Å². The molecule has 7 nitrogen and oxygen atoms in total. The lowest BCUT2D eigenvalue weighted by Gasteiger charge is -2.13. The van der Waals surface area contributed by atoms with Gasteiger partial charge >= 0.3 is 0 Å². The Morgan fingerprint density at radius 2 is 2.22 bits per heavy atom. The van der Waals surface area contributed by atoms with Crippen molar-refractivity contribution in [3.8, 4) is 5.82 Å². The van der Waals surface area contributed by atoms with Gasteiger partial charge in [-0.1, -0.05) is 6.07 Å². The summed E-state index contributed by atoms with van der Waals surface area (Å²) in [6.45, 7) is 7.01. The lowest BCUT2D eigenvalue weighted by molar-refractivity contribution is 0.179. The van der Waals surface area contributed by atoms with Crippen LogP contribution in [0.3, 0.4) is 0 Å². The van der Waals surface area contributed by atoms with Crippen LogP contribution in [0.2, 0.25) is 0 Å². The molecule has 0 aromatic carbocycles. The lowest BCUT2D eigenvalue weighted by Crippen LogP contribution is -2.40. The Balaban J connectivity index is 1.99. The van der Waals surface area contributed by atoms with Gasteiger partial charge in [0.05, 0.1) is 18.8 Å². The summed E-state index contributed by atoms with van der Waals surface area (Å²) < 4.78 is 6.87. The highest BCUT2D eigenvalue weighted by Gasteiger charge is 2.05. The van der Waals surface area contributed by atoms with Gasteiger partial charge in [0.1, 0.15) is 0 Å². The largest absolute Gasteiger partial charge is 0.383 e. The summed E-state index contributed by atoms with van der Waals surface area (Å²) in [5.74, 6) is 1.19. The Bertz CT molecular complexity index is 662. The van der Waals surface area contributed by atoms with E-state index in [9.17, 15) is 0 Å². The molecule has 0 saturated carbocycles. The zero-order valence-electron chi connectivity index (χ0n) is 14.1. The van der Waals surface area contributed by atoms with Crippen molar-refractivity contribution in [3.05, 3.63) is 41.3 Å². The van der Waals surface area contributed by atoms with Crippen LogP contribution in [-0.4, -0.2) is 40.5 Å². The standard InChI is InChI=1S/C16H24N6O/c1-11-7-13(3)22(21-11)15-6-5-14(8-18-15)9-19-16(17)20-12(2)10-23-4/h5-8,12H,9-10H2,1-4H3,(H3,17,19,20). The van der Waals surface area contributed by atoms with E-state index in [1.807, 2.05) is 43.7 Å². The van der Waals surface area contributed by atoms with Crippen LogP contribution in [0.1, 0.15) is 23.9 Å². The molecule has 2 heterocycles. The minimum atomic E-state index is 0.121. The summed E-state index contributed by atoms with van der Waals surface area (Å²) in [5.41, 5.74) is 8.86. The highest BCUT2D eigenvalue weighted by atomic mass is 16.5. The van der Waals surface area contributed by atoms with Crippen LogP contribution in [0.4, 0.5) is 0 Å². The second kappa shape index (κ2) is 7.73. The number of aryl methyl sites for hydroxylation is 2. The number of nitrogens with zero attached hydrogens (tertiary/aromatic N) is 4. The third kappa shape index (κ3) is 4.79. The molecule has 1 unspecified atom stereocenters. The van der Waals surface area contributed by atoms with Gasteiger partial charge in [0.15, 0.2) is 11.8 Å². The van der Waals surface area contributed by atoms with E-state index in [0.717, 1.165) is 22.8 Å². The smallest absolute Gasteiger partial charge is 0.189 e. The van der Waals surface area contributed by atoms with Crippen molar-refractivity contribution in [2.45, 2.75) is 33.4 Å². The minimum Gasteiger partial charge on any atom is -0.383 e. The van der Waals surface area contributed by atoms with E-state index in [4.69, 9.17) is 10.5 Å². The van der Waals surface area contributed by atoms with E-state index in [1.165, 1.54) is 0 Å². The van der Waals surface area contributed by atoms with E-state index < -0.39 is 0 Å². The zero-order chi connectivity index (χ0) is 16.8. The second-order valence-corrected chi connectivity index (χ2v) is 5.57. The normalized spacial score (nSPS) is 13.1. The summed E-state index contributed by atoms with van der Waals surface area (Å²) in [7, 11) is 1.65. The van der Waals surface area contributed by atoms with Crippen molar-refractivity contribution >= 4 is 5.96 Å². The first-order valence-electron chi connectivity index (χ1n) is 7.53. The van der Waals surface area contributed by atoms with Gasteiger partial charge in [0.2, 0.25) is 0 Å². The maximum absolute atomic E-state index is 5.85. The zero-order valence-corrected chi connectivity index (χ0v) is 14.1. The first-order valence-corrected chi connectivity index (χ1v) is 7.53. The van der Waals surface area contributed by atoms with Crippen LogP contribution < -0.4 is 11.1 Å². The fourth-order valence-electron chi connectivity index (χ4n) is 2.26. The molecule has 124 valence electrons. The van der Waals surface area contributed by atoms with Crippen LogP contribution >= 0.6 is 0 Å². The number of nitrogens with two attached hydrogens (primary N) is 1. The molecular formula is C16H24N6O. The molecule has 0 aliphatic rings. The van der Waals surface area contributed by atoms with Crippen molar-refractivity contribution in [3.63, 3.8) is 0 Å². The van der Waals surface area contributed by atoms with Gasteiger partial charge in [-0.15, -0.1) is 0 Å². The van der Waals surface area contributed by atoms with Crippen LogP contribution in [0.15, 0.2) is 29.4 Å². The molecule has 3 N–H and O–H groups in total. The number of methoxy groups -OCH3 is 1. The van der Waals surface area contributed by atoms with Gasteiger partial charge < -0.3 is 15.8 Å². The summed E-state index contributed by atoms with van der Waals surface area (Å²) in [5, 5.41) is 7.49. The second-order valence-electron chi connectivity index (χ2n) is 5.57. The molecule has 0 fully saturated rings. The summed E-state index contributed by atoms with van der Waals surface area (Å²) >= 11 is 0. The Labute approximate surface area is 136 Å². The Kier molecular flexibility index (Phi) is 5.70. The SMILES string of the molecule is COCC(C)NC(N)=NCc1ccc(-n2nc(C)cc2C)nc1. The van der Waals surface area contributed by atoms with Crippen molar-refractivity contribution in [1.82, 2.24) is 20.1 Å². The molecule has 0 bridgehead atoms. The number of nitrogens with one attached hydrogen (secondary N) is 1. The number of hydrogen-bond donors (Lipinski definition) is 2. The number of aromatic nitrogens is 3. The Morgan fingerprint density at radius 1 is 1.43 bits per heavy atom. The van der Waals surface area contributed by atoms with Crippen LogP contribution in [0.5, 0.6) is 0 Å². The molecule has 7 heteroatoms. The fourth-order valence-corrected chi connectivity index (χ4v) is 2.26. The van der Waals surface area contributed by atoms with E-state index in [2.05, 4.69) is 20.4 Å². The number of hydrogen-bond acceptors (Lipinski definition) is 4. The van der Waals surface area contributed by atoms with Crippen LogP contribution in [0.25, 0.3) is 5.82 Å². The first-order chi connectivity index (χ1) is 11.0. The summed E-state index contributed by atoms with van der Waals surface area (Å²) in [6.07, 6.45) is 1.79. The molecule has 0 aliphatic heterocycles. The molecule has 0 spiro atoms. The highest BCUT2D eigenvalue weighted by Crippen LogP contribution is 2.10. The fraction of sp³-hybridized carbons (Fsp3) is 0.438. The molecule has 2 aromatic heterocycles. The lowest BCUT2D eigenvalue weighted by atomic mass is 10.3. The van der Waals surface area contributed by atoms with Gasteiger partial charge in [0, 0.05) is 25.0 Å². The predicted molar refractivity (Wildman–Crippen MR) is 90.6 cm³/mol. The molecule has 2 rings (SSSR count). The van der Waals surface area contributed by atoms with Gasteiger partial charge in [-0.25, -0.2) is 14.7 Å². The summed E-state index contributed by atoms with van der Waals surface area (Å²) in [4.78, 5) is 8.75. The monoisotopic (exact) mass is 316 g/mol. The van der Waals surface area contributed by atoms with Crippen molar-refractivity contribution in [1.29, 1.82) is 0 Å². The predicted octanol–water partition coefficient (Wildman–Crippen LogP) is 1.32. The third-order valence-electron chi connectivity index (χ3n) is 3.28. The minimum absolute atomic E-state index is 0.121. The van der Waals surface area contributed by atoms with Crippen LogP contribution in [0, 0.1) is 13.8 Å². The van der Waals surface area contributed by atoms with Gasteiger partial charge in [0.25, 0.3) is 0 Å². The third-order valence-corrected chi connectivity index (χ3v) is 3.28. The average Bonchev–Trinajstić information content (AvgIpc) is 2.84. The highest BCUT2D eigenvalue weighted by molar-refractivity contribution is 5.78. The molecule has 2 aromatic rings. The maximum atomic E-state index is 5.85. The van der Waals surface area contributed by atoms with Crippen LogP contribution in [-0.2, 0) is 11.3 Å². The number of pyridine rings is 1. The molecule has 0 aliphatic carbocycles. The van der Waals surface area contributed by atoms with Crippen molar-refractivity contribution in [2.75, 3.05) is 13.7 Å². The molecule has 1 atom stereocenters. The van der Waals surface area contributed by atoms with Gasteiger partial charge in [-0.2, -0.15) is 5.10 Å². The average molecular weight is 316 g/mol.